The molecule has 0 fully saturated rings. The summed E-state index contributed by atoms with van der Waals surface area (Å²) < 4.78 is 0. The highest BCUT2D eigenvalue weighted by Gasteiger charge is 2.24. The topological polar surface area (TPSA) is 20.3 Å². The maximum absolute atomic E-state index is 11.5. The van der Waals surface area contributed by atoms with Gasteiger partial charge < -0.3 is 0 Å². The van der Waals surface area contributed by atoms with Gasteiger partial charge in [0.25, 0.3) is 0 Å². The molecule has 1 heterocycles. The van der Waals surface area contributed by atoms with Gasteiger partial charge in [0, 0.05) is 32.5 Å². The van der Waals surface area contributed by atoms with Crippen molar-refractivity contribution in [2.45, 2.75) is 32.2 Å². The van der Waals surface area contributed by atoms with Crippen LogP contribution >= 0.6 is 0 Å². The van der Waals surface area contributed by atoms with Crippen LogP contribution in [0.25, 0.3) is 0 Å². The second-order valence-electron chi connectivity index (χ2n) is 5.37. The van der Waals surface area contributed by atoms with Crippen molar-refractivity contribution >= 4 is 5.78 Å². The lowest BCUT2D eigenvalue weighted by molar-refractivity contribution is -0.118. The van der Waals surface area contributed by atoms with E-state index in [0.29, 0.717) is 12.2 Å². The summed E-state index contributed by atoms with van der Waals surface area (Å²) in [5, 5.41) is 0. The molecule has 0 aromatic heterocycles. The molecule has 1 aliphatic carbocycles. The maximum Gasteiger partial charge on any atom is 0.137 e. The molecule has 1 aromatic rings. The van der Waals surface area contributed by atoms with Crippen LogP contribution in [-0.2, 0) is 11.3 Å². The lowest BCUT2D eigenvalue weighted by atomic mass is 9.86. The van der Waals surface area contributed by atoms with Gasteiger partial charge in [-0.3, -0.25) is 9.69 Å². The van der Waals surface area contributed by atoms with E-state index in [4.69, 9.17) is 0 Å². The molecule has 2 aliphatic rings. The number of nitrogens with zero attached hydrogens (tertiary/aromatic N) is 1. The normalized spacial score (nSPS) is 21.0. The van der Waals surface area contributed by atoms with E-state index in [1.807, 2.05) is 0 Å². The average Bonchev–Trinajstić information content (AvgIpc) is 2.39. The Morgan fingerprint density at radius 3 is 2.67 bits per heavy atom. The minimum absolute atomic E-state index is 0.426. The summed E-state index contributed by atoms with van der Waals surface area (Å²) in [6.45, 7) is 3.14. The van der Waals surface area contributed by atoms with E-state index >= 15 is 0 Å². The van der Waals surface area contributed by atoms with Crippen LogP contribution in [0.3, 0.4) is 0 Å². The Morgan fingerprint density at radius 1 is 1.00 bits per heavy atom. The summed E-state index contributed by atoms with van der Waals surface area (Å²) in [6.07, 6.45) is 3.67. The number of carbonyl (C=O) groups excluding carboxylic acids is 1. The third-order valence-electron chi connectivity index (χ3n) is 4.01. The quantitative estimate of drug-likeness (QED) is 0.742. The Kier molecular flexibility index (Phi) is 3.28. The third-order valence-corrected chi connectivity index (χ3v) is 4.01. The van der Waals surface area contributed by atoms with Crippen molar-refractivity contribution in [3.8, 4) is 0 Å². The van der Waals surface area contributed by atoms with Gasteiger partial charge >= 0.3 is 0 Å². The first-order valence-electron chi connectivity index (χ1n) is 6.79. The molecule has 0 saturated carbocycles. The number of rotatable bonds is 2. The number of carbonyl (C=O) groups is 1. The molecule has 2 nitrogen and oxygen atoms in total. The average molecular weight is 241 g/mol. The maximum atomic E-state index is 11.5. The van der Waals surface area contributed by atoms with Gasteiger partial charge in [-0.2, -0.15) is 0 Å². The van der Waals surface area contributed by atoms with Gasteiger partial charge in [-0.05, 0) is 24.0 Å². The van der Waals surface area contributed by atoms with Crippen molar-refractivity contribution < 1.29 is 4.79 Å². The van der Waals surface area contributed by atoms with E-state index in [0.717, 1.165) is 38.9 Å². The molecule has 1 aromatic carbocycles. The lowest BCUT2D eigenvalue weighted by Gasteiger charge is -2.33. The highest BCUT2D eigenvalue weighted by atomic mass is 16.1. The summed E-state index contributed by atoms with van der Waals surface area (Å²) in [6, 6.07) is 10.6. The first-order valence-corrected chi connectivity index (χ1v) is 6.79. The zero-order valence-corrected chi connectivity index (χ0v) is 10.7. The molecule has 0 spiro atoms. The monoisotopic (exact) mass is 241 g/mol. The molecular weight excluding hydrogens is 222 g/mol. The fraction of sp³-hybridized carbons (Fsp3) is 0.438. The molecule has 3 rings (SSSR count). The molecule has 0 saturated heterocycles. The first kappa shape index (κ1) is 11.7. The fourth-order valence-corrected chi connectivity index (χ4v) is 3.01. The number of benzene rings is 1. The van der Waals surface area contributed by atoms with E-state index in [1.165, 1.54) is 11.1 Å². The van der Waals surface area contributed by atoms with Gasteiger partial charge in [-0.15, -0.1) is 0 Å². The Bertz CT molecular complexity index is 475. The highest BCUT2D eigenvalue weighted by Crippen LogP contribution is 2.29. The zero-order valence-electron chi connectivity index (χ0n) is 10.7. The van der Waals surface area contributed by atoms with E-state index in [2.05, 4.69) is 35.2 Å². The van der Waals surface area contributed by atoms with E-state index in [1.54, 1.807) is 5.57 Å². The number of hydrogen-bond donors (Lipinski definition) is 0. The SMILES string of the molecule is O=C1CCC2=C(C1)CN(Cc1ccccc1)CC2. The van der Waals surface area contributed by atoms with Crippen LogP contribution in [0.4, 0.5) is 0 Å². The van der Waals surface area contributed by atoms with Crippen molar-refractivity contribution in [2.75, 3.05) is 13.1 Å². The predicted octanol–water partition coefficient (Wildman–Crippen LogP) is 2.94. The number of hydrogen-bond acceptors (Lipinski definition) is 2. The van der Waals surface area contributed by atoms with Gasteiger partial charge in [0.05, 0.1) is 0 Å². The first-order chi connectivity index (χ1) is 8.81. The Balaban J connectivity index is 1.68. The standard InChI is InChI=1S/C16H19NO/c18-16-7-6-14-8-9-17(12-15(14)10-16)11-13-4-2-1-3-5-13/h1-5H,6-12H2. The summed E-state index contributed by atoms with van der Waals surface area (Å²) in [7, 11) is 0. The molecule has 0 radical (unpaired) electrons. The van der Waals surface area contributed by atoms with Gasteiger partial charge in [-0.1, -0.05) is 35.9 Å². The highest BCUT2D eigenvalue weighted by molar-refractivity contribution is 5.82. The van der Waals surface area contributed by atoms with Crippen molar-refractivity contribution in [1.29, 1.82) is 0 Å². The Labute approximate surface area is 108 Å². The van der Waals surface area contributed by atoms with Crippen molar-refractivity contribution in [3.63, 3.8) is 0 Å². The van der Waals surface area contributed by atoms with Crippen LogP contribution in [0.2, 0.25) is 0 Å². The van der Waals surface area contributed by atoms with Gasteiger partial charge in [0.1, 0.15) is 5.78 Å². The lowest BCUT2D eigenvalue weighted by Crippen LogP contribution is -2.33. The smallest absolute Gasteiger partial charge is 0.137 e. The van der Waals surface area contributed by atoms with E-state index < -0.39 is 0 Å². The summed E-state index contributed by atoms with van der Waals surface area (Å²) in [4.78, 5) is 14.0. The molecule has 0 bridgehead atoms. The molecule has 2 heteroatoms. The van der Waals surface area contributed by atoms with Crippen molar-refractivity contribution in [3.05, 3.63) is 47.0 Å². The minimum Gasteiger partial charge on any atom is -0.299 e. The van der Waals surface area contributed by atoms with Gasteiger partial charge in [0.15, 0.2) is 0 Å². The molecule has 0 atom stereocenters. The molecule has 0 unspecified atom stereocenters. The van der Waals surface area contributed by atoms with Gasteiger partial charge in [-0.25, -0.2) is 0 Å². The summed E-state index contributed by atoms with van der Waals surface area (Å²) in [5.41, 5.74) is 4.34. The van der Waals surface area contributed by atoms with E-state index in [9.17, 15) is 4.79 Å². The second-order valence-corrected chi connectivity index (χ2v) is 5.37. The second kappa shape index (κ2) is 5.07. The molecular formula is C16H19NO. The van der Waals surface area contributed by atoms with Crippen LogP contribution in [0.15, 0.2) is 41.5 Å². The molecule has 1 aliphatic heterocycles. The van der Waals surface area contributed by atoms with Gasteiger partial charge in [0.2, 0.25) is 0 Å². The Morgan fingerprint density at radius 2 is 1.83 bits per heavy atom. The van der Waals surface area contributed by atoms with Crippen LogP contribution < -0.4 is 0 Å². The molecule has 94 valence electrons. The number of ketones is 1. The minimum atomic E-state index is 0.426. The third kappa shape index (κ3) is 2.54. The van der Waals surface area contributed by atoms with Crippen molar-refractivity contribution in [1.82, 2.24) is 4.90 Å². The predicted molar refractivity (Wildman–Crippen MR) is 72.2 cm³/mol. The molecule has 18 heavy (non-hydrogen) atoms. The summed E-state index contributed by atoms with van der Waals surface area (Å²) in [5.74, 6) is 0.426. The number of Topliss-reactive ketones (excluding diaryl/α,β-unsaturated/α-hetero) is 1. The van der Waals surface area contributed by atoms with Crippen LogP contribution in [-0.4, -0.2) is 23.8 Å². The van der Waals surface area contributed by atoms with Crippen LogP contribution in [0.1, 0.15) is 31.2 Å². The fourth-order valence-electron chi connectivity index (χ4n) is 3.01. The largest absolute Gasteiger partial charge is 0.299 e. The van der Waals surface area contributed by atoms with Crippen LogP contribution in [0.5, 0.6) is 0 Å². The zero-order chi connectivity index (χ0) is 12.4. The Hall–Kier alpha value is -1.41. The van der Waals surface area contributed by atoms with Crippen molar-refractivity contribution in [2.24, 2.45) is 0 Å². The van der Waals surface area contributed by atoms with E-state index in [-0.39, 0.29) is 0 Å². The summed E-state index contributed by atoms with van der Waals surface area (Å²) >= 11 is 0. The van der Waals surface area contributed by atoms with Crippen LogP contribution in [0, 0.1) is 0 Å². The molecule has 0 N–H and O–H groups in total. The molecule has 0 amide bonds.